The molecule has 26 heavy (non-hydrogen) atoms. The Morgan fingerprint density at radius 2 is 2.04 bits per heavy atom. The lowest BCUT2D eigenvalue weighted by atomic mass is 10.1. The summed E-state index contributed by atoms with van der Waals surface area (Å²) < 4.78 is 25.5. The van der Waals surface area contributed by atoms with Crippen LogP contribution in [0, 0.1) is 6.92 Å². The molecule has 0 unspecified atom stereocenters. The number of hydrogen-bond donors (Lipinski definition) is 1. The van der Waals surface area contributed by atoms with E-state index in [0.29, 0.717) is 12.1 Å². The molecule has 1 fully saturated rings. The molecule has 0 saturated carbocycles. The maximum Gasteiger partial charge on any atom is 0.272 e. The summed E-state index contributed by atoms with van der Waals surface area (Å²) >= 11 is 0. The quantitative estimate of drug-likeness (QED) is 0.871. The number of sulfone groups is 1. The third kappa shape index (κ3) is 3.98. The van der Waals surface area contributed by atoms with Gasteiger partial charge in [0, 0.05) is 6.04 Å². The standard InChI is InChI=1S/C19H25N3O3S/c1-4-14(3)20-19(23)17-11-18(15-7-5-13(2)6-8-15)22(21-17)16-9-10-26(24,25)12-16/h5-8,11,14,16H,4,9-10,12H2,1-3H3,(H,20,23)/t14-,16+/m1/s1. The number of nitrogens with one attached hydrogen (secondary N) is 1. The number of rotatable bonds is 5. The fraction of sp³-hybridized carbons (Fsp3) is 0.474. The first kappa shape index (κ1) is 18.6. The van der Waals surface area contributed by atoms with Crippen molar-refractivity contribution >= 4 is 15.7 Å². The molecule has 0 aliphatic carbocycles. The highest BCUT2D eigenvalue weighted by molar-refractivity contribution is 7.91. The van der Waals surface area contributed by atoms with E-state index >= 15 is 0 Å². The van der Waals surface area contributed by atoms with E-state index in [0.717, 1.165) is 23.2 Å². The number of carbonyl (C=O) groups excluding carboxylic acids is 1. The Labute approximate surface area is 154 Å². The minimum atomic E-state index is -3.04. The van der Waals surface area contributed by atoms with Gasteiger partial charge in [-0.15, -0.1) is 0 Å². The van der Waals surface area contributed by atoms with Gasteiger partial charge in [-0.3, -0.25) is 9.48 Å². The number of hydrogen-bond acceptors (Lipinski definition) is 4. The van der Waals surface area contributed by atoms with E-state index in [2.05, 4.69) is 10.4 Å². The molecule has 6 nitrogen and oxygen atoms in total. The van der Waals surface area contributed by atoms with Crippen LogP contribution in [0.3, 0.4) is 0 Å². The van der Waals surface area contributed by atoms with Gasteiger partial charge in [0.25, 0.3) is 5.91 Å². The highest BCUT2D eigenvalue weighted by Gasteiger charge is 2.32. The van der Waals surface area contributed by atoms with Crippen LogP contribution in [0.5, 0.6) is 0 Å². The lowest BCUT2D eigenvalue weighted by molar-refractivity contribution is 0.0933. The van der Waals surface area contributed by atoms with Gasteiger partial charge in [-0.05, 0) is 38.3 Å². The summed E-state index contributed by atoms with van der Waals surface area (Å²) in [6, 6.07) is 9.52. The van der Waals surface area contributed by atoms with Crippen LogP contribution in [0.2, 0.25) is 0 Å². The summed E-state index contributed by atoms with van der Waals surface area (Å²) in [5, 5.41) is 7.40. The van der Waals surface area contributed by atoms with Crippen LogP contribution in [-0.2, 0) is 9.84 Å². The Morgan fingerprint density at radius 1 is 1.35 bits per heavy atom. The van der Waals surface area contributed by atoms with Crippen LogP contribution in [-0.4, -0.2) is 41.7 Å². The zero-order valence-corrected chi connectivity index (χ0v) is 16.2. The fourth-order valence-corrected chi connectivity index (χ4v) is 4.78. The molecule has 2 aromatic rings. The van der Waals surface area contributed by atoms with Crippen LogP contribution >= 0.6 is 0 Å². The molecular formula is C19H25N3O3S. The molecule has 0 radical (unpaired) electrons. The summed E-state index contributed by atoms with van der Waals surface area (Å²) in [4.78, 5) is 12.5. The number of carbonyl (C=O) groups is 1. The summed E-state index contributed by atoms with van der Waals surface area (Å²) in [5.41, 5.74) is 3.17. The van der Waals surface area contributed by atoms with Crippen molar-refractivity contribution < 1.29 is 13.2 Å². The lowest BCUT2D eigenvalue weighted by Crippen LogP contribution is -2.32. The normalized spacial score (nSPS) is 20.0. The summed E-state index contributed by atoms with van der Waals surface area (Å²) in [6.07, 6.45) is 1.35. The van der Waals surface area contributed by atoms with E-state index in [1.807, 2.05) is 45.0 Å². The van der Waals surface area contributed by atoms with Crippen molar-refractivity contribution in [3.63, 3.8) is 0 Å². The molecule has 1 aliphatic heterocycles. The highest BCUT2D eigenvalue weighted by Crippen LogP contribution is 2.30. The third-order valence-electron chi connectivity index (χ3n) is 4.86. The molecular weight excluding hydrogens is 350 g/mol. The molecule has 1 saturated heterocycles. The van der Waals surface area contributed by atoms with Crippen molar-refractivity contribution in [1.82, 2.24) is 15.1 Å². The molecule has 1 amide bonds. The summed E-state index contributed by atoms with van der Waals surface area (Å²) in [5.74, 6) is 0.00601. The molecule has 7 heteroatoms. The van der Waals surface area contributed by atoms with Crippen LogP contribution in [0.25, 0.3) is 11.3 Å². The van der Waals surface area contributed by atoms with E-state index in [1.165, 1.54) is 0 Å². The fourth-order valence-electron chi connectivity index (χ4n) is 3.09. The van der Waals surface area contributed by atoms with Crippen molar-refractivity contribution in [1.29, 1.82) is 0 Å². The Kier molecular flexibility index (Phi) is 5.18. The van der Waals surface area contributed by atoms with Gasteiger partial charge in [-0.25, -0.2) is 8.42 Å². The topological polar surface area (TPSA) is 81.1 Å². The van der Waals surface area contributed by atoms with E-state index < -0.39 is 9.84 Å². The van der Waals surface area contributed by atoms with Gasteiger partial charge in [0.1, 0.15) is 0 Å². The lowest BCUT2D eigenvalue weighted by Gasteiger charge is -2.13. The first-order chi connectivity index (χ1) is 12.3. The minimum Gasteiger partial charge on any atom is -0.348 e. The molecule has 3 rings (SSSR count). The molecule has 1 N–H and O–H groups in total. The predicted octanol–water partition coefficient (Wildman–Crippen LogP) is 2.75. The number of aryl methyl sites for hydroxylation is 1. The second-order valence-electron chi connectivity index (χ2n) is 7.07. The maximum absolute atomic E-state index is 12.5. The number of aromatic nitrogens is 2. The van der Waals surface area contributed by atoms with Gasteiger partial charge in [-0.1, -0.05) is 36.8 Å². The van der Waals surface area contributed by atoms with Gasteiger partial charge in [-0.2, -0.15) is 5.10 Å². The van der Waals surface area contributed by atoms with Gasteiger partial charge >= 0.3 is 0 Å². The minimum absolute atomic E-state index is 0.0577. The average Bonchev–Trinajstić information content (AvgIpc) is 3.18. The molecule has 2 heterocycles. The SMILES string of the molecule is CC[C@@H](C)NC(=O)c1cc(-c2ccc(C)cc2)n([C@H]2CCS(=O)(=O)C2)n1. The molecule has 1 aromatic heterocycles. The van der Waals surface area contributed by atoms with Gasteiger partial charge in [0.15, 0.2) is 15.5 Å². The average molecular weight is 375 g/mol. The Bertz CT molecular complexity index is 901. The third-order valence-corrected chi connectivity index (χ3v) is 6.61. The Balaban J connectivity index is 2.00. The molecule has 0 bridgehead atoms. The number of amides is 1. The highest BCUT2D eigenvalue weighted by atomic mass is 32.2. The number of nitrogens with zero attached hydrogens (tertiary/aromatic N) is 2. The first-order valence-electron chi connectivity index (χ1n) is 8.97. The van der Waals surface area contributed by atoms with E-state index in [9.17, 15) is 13.2 Å². The van der Waals surface area contributed by atoms with Crippen molar-refractivity contribution in [2.45, 2.75) is 45.7 Å². The van der Waals surface area contributed by atoms with E-state index in [-0.39, 0.29) is 29.5 Å². The van der Waals surface area contributed by atoms with Crippen molar-refractivity contribution in [2.24, 2.45) is 0 Å². The van der Waals surface area contributed by atoms with Crippen LogP contribution < -0.4 is 5.32 Å². The molecule has 1 aliphatic rings. The summed E-state index contributed by atoms with van der Waals surface area (Å²) in [7, 11) is -3.04. The Hall–Kier alpha value is -2.15. The molecule has 2 atom stereocenters. The second kappa shape index (κ2) is 7.23. The van der Waals surface area contributed by atoms with E-state index in [4.69, 9.17) is 0 Å². The van der Waals surface area contributed by atoms with Crippen molar-refractivity contribution in [3.8, 4) is 11.3 Å². The zero-order valence-electron chi connectivity index (χ0n) is 15.4. The van der Waals surface area contributed by atoms with E-state index in [1.54, 1.807) is 10.7 Å². The Morgan fingerprint density at radius 3 is 2.62 bits per heavy atom. The van der Waals surface area contributed by atoms with Crippen molar-refractivity contribution in [3.05, 3.63) is 41.6 Å². The largest absolute Gasteiger partial charge is 0.348 e. The van der Waals surface area contributed by atoms with Crippen molar-refractivity contribution in [2.75, 3.05) is 11.5 Å². The van der Waals surface area contributed by atoms with Gasteiger partial charge < -0.3 is 5.32 Å². The zero-order chi connectivity index (χ0) is 18.9. The van der Waals surface area contributed by atoms with Crippen LogP contribution in [0.4, 0.5) is 0 Å². The van der Waals surface area contributed by atoms with Gasteiger partial charge in [0.2, 0.25) is 0 Å². The monoisotopic (exact) mass is 375 g/mol. The van der Waals surface area contributed by atoms with Gasteiger partial charge in [0.05, 0.1) is 23.2 Å². The smallest absolute Gasteiger partial charge is 0.272 e. The molecule has 140 valence electrons. The van der Waals surface area contributed by atoms with Crippen LogP contribution in [0.15, 0.2) is 30.3 Å². The molecule has 1 aromatic carbocycles. The first-order valence-corrected chi connectivity index (χ1v) is 10.8. The second-order valence-corrected chi connectivity index (χ2v) is 9.29. The van der Waals surface area contributed by atoms with Crippen LogP contribution in [0.1, 0.15) is 48.8 Å². The molecule has 0 spiro atoms. The predicted molar refractivity (Wildman–Crippen MR) is 102 cm³/mol. The maximum atomic E-state index is 12.5. The summed E-state index contributed by atoms with van der Waals surface area (Å²) in [6.45, 7) is 5.96. The number of benzene rings is 1.